The number of allylic oxidation sites excluding steroid dienone is 2. The third-order valence-corrected chi connectivity index (χ3v) is 3.58. The van der Waals surface area contributed by atoms with Crippen LogP contribution in [0.2, 0.25) is 0 Å². The molecule has 1 aliphatic carbocycles. The van der Waals surface area contributed by atoms with E-state index in [0.29, 0.717) is 5.41 Å². The first-order valence-corrected chi connectivity index (χ1v) is 6.49. The Labute approximate surface area is 146 Å². The van der Waals surface area contributed by atoms with E-state index in [-0.39, 0.29) is 40.1 Å². The van der Waals surface area contributed by atoms with Gasteiger partial charge in [-0.1, -0.05) is 43.7 Å². The van der Waals surface area contributed by atoms with Crippen molar-refractivity contribution in [1.82, 2.24) is 0 Å². The van der Waals surface area contributed by atoms with E-state index < -0.39 is 0 Å². The topological polar surface area (TPSA) is 0 Å². The standard InChI is InChI=1S/C15H20.C2H5.CH3.Y/c1-11(2)12-9-10-15(3,4)14-8-6-5-7-13(12)14;1-2;;/h5-8H,9-10H2,1-4H3;1H2,2H3;1H3;/q;2*-1;. The Kier molecular flexibility index (Phi) is 10.2. The average molecular weight is 333 g/mol. The molecule has 0 fully saturated rings. The molecular formula is C18H28Y-2. The van der Waals surface area contributed by atoms with Crippen LogP contribution in [0.15, 0.2) is 29.8 Å². The molecule has 0 N–H and O–H groups in total. The molecule has 2 rings (SSSR count). The largest absolute Gasteiger partial charge is 0.358 e. The first kappa shape index (κ1) is 21.4. The fourth-order valence-corrected chi connectivity index (χ4v) is 2.56. The SMILES string of the molecule is CC(C)=C1CCC(C)(C)c2ccccc21.[CH2-]C.[CH3-].[Y]. The van der Waals surface area contributed by atoms with E-state index in [4.69, 9.17) is 0 Å². The van der Waals surface area contributed by atoms with Gasteiger partial charge in [0.2, 0.25) is 0 Å². The quantitative estimate of drug-likeness (QED) is 0.523. The van der Waals surface area contributed by atoms with Gasteiger partial charge >= 0.3 is 0 Å². The zero-order valence-electron chi connectivity index (χ0n) is 13.5. The van der Waals surface area contributed by atoms with Gasteiger partial charge in [0, 0.05) is 32.7 Å². The van der Waals surface area contributed by atoms with Crippen LogP contribution < -0.4 is 0 Å². The van der Waals surface area contributed by atoms with Crippen LogP contribution in [0.4, 0.5) is 0 Å². The van der Waals surface area contributed by atoms with Crippen molar-refractivity contribution in [3.63, 3.8) is 0 Å². The summed E-state index contributed by atoms with van der Waals surface area (Å²) < 4.78 is 0. The molecule has 0 aromatic heterocycles. The summed E-state index contributed by atoms with van der Waals surface area (Å²) in [6, 6.07) is 8.88. The number of fused-ring (bicyclic) bond motifs is 1. The van der Waals surface area contributed by atoms with E-state index in [0.717, 1.165) is 0 Å². The van der Waals surface area contributed by atoms with Crippen LogP contribution in [-0.4, -0.2) is 0 Å². The van der Waals surface area contributed by atoms with Gasteiger partial charge in [0.05, 0.1) is 0 Å². The van der Waals surface area contributed by atoms with Crippen LogP contribution >= 0.6 is 0 Å². The molecule has 0 amide bonds. The summed E-state index contributed by atoms with van der Waals surface area (Å²) in [5.41, 5.74) is 6.37. The molecule has 1 radical (unpaired) electrons. The van der Waals surface area contributed by atoms with Crippen molar-refractivity contribution in [2.45, 2.75) is 52.9 Å². The second-order valence-corrected chi connectivity index (χ2v) is 5.41. The third-order valence-electron chi connectivity index (χ3n) is 3.58. The van der Waals surface area contributed by atoms with Crippen LogP contribution in [0.25, 0.3) is 5.57 Å². The van der Waals surface area contributed by atoms with Crippen molar-refractivity contribution >= 4 is 5.57 Å². The molecule has 1 aliphatic rings. The Balaban J connectivity index is 0. The average Bonchev–Trinajstić information content (AvgIpc) is 2.31. The third kappa shape index (κ3) is 4.83. The predicted octanol–water partition coefficient (Wildman–Crippen LogP) is 5.84. The predicted molar refractivity (Wildman–Crippen MR) is 84.4 cm³/mol. The first-order chi connectivity index (χ1) is 8.02. The minimum atomic E-state index is 0. The molecular weight excluding hydrogens is 305 g/mol. The van der Waals surface area contributed by atoms with E-state index in [1.807, 2.05) is 0 Å². The molecule has 0 heterocycles. The van der Waals surface area contributed by atoms with E-state index in [2.05, 4.69) is 58.9 Å². The summed E-state index contributed by atoms with van der Waals surface area (Å²) in [7, 11) is 0. The zero-order valence-corrected chi connectivity index (χ0v) is 16.3. The molecule has 0 bridgehead atoms. The molecule has 105 valence electrons. The molecule has 0 nitrogen and oxygen atoms in total. The molecule has 19 heavy (non-hydrogen) atoms. The summed E-state index contributed by atoms with van der Waals surface area (Å²) >= 11 is 0. The van der Waals surface area contributed by atoms with Crippen molar-refractivity contribution in [3.05, 3.63) is 55.3 Å². The van der Waals surface area contributed by atoms with Gasteiger partial charge in [0.25, 0.3) is 0 Å². The molecule has 1 aromatic carbocycles. The van der Waals surface area contributed by atoms with Crippen LogP contribution in [-0.2, 0) is 38.1 Å². The number of benzene rings is 1. The molecule has 0 atom stereocenters. The maximum Gasteiger partial charge on any atom is 0 e. The first-order valence-electron chi connectivity index (χ1n) is 6.49. The van der Waals surface area contributed by atoms with Gasteiger partial charge in [0.1, 0.15) is 0 Å². The van der Waals surface area contributed by atoms with E-state index in [1.54, 1.807) is 12.5 Å². The van der Waals surface area contributed by atoms with Crippen LogP contribution in [0, 0.1) is 14.4 Å². The van der Waals surface area contributed by atoms with E-state index in [1.165, 1.54) is 29.5 Å². The second-order valence-electron chi connectivity index (χ2n) is 5.41. The van der Waals surface area contributed by atoms with Gasteiger partial charge in [-0.2, -0.15) is 6.92 Å². The molecule has 0 unspecified atom stereocenters. The summed E-state index contributed by atoms with van der Waals surface area (Å²) in [6.07, 6.45) is 2.50. The Bertz CT molecular complexity index is 409. The number of hydrogen-bond acceptors (Lipinski definition) is 0. The molecule has 0 aliphatic heterocycles. The maximum atomic E-state index is 3.25. The van der Waals surface area contributed by atoms with Gasteiger partial charge in [-0.25, -0.2) is 0 Å². The van der Waals surface area contributed by atoms with Gasteiger partial charge < -0.3 is 14.4 Å². The van der Waals surface area contributed by atoms with Crippen molar-refractivity contribution in [2.24, 2.45) is 0 Å². The Morgan fingerprint density at radius 1 is 1.11 bits per heavy atom. The number of hydrogen-bond donors (Lipinski definition) is 0. The summed E-state index contributed by atoms with van der Waals surface area (Å²) in [5, 5.41) is 0. The van der Waals surface area contributed by atoms with Crippen molar-refractivity contribution in [3.8, 4) is 0 Å². The molecule has 0 spiro atoms. The molecule has 1 aromatic rings. The zero-order chi connectivity index (χ0) is 13.1. The second kappa shape index (κ2) is 9.08. The van der Waals surface area contributed by atoms with Gasteiger partial charge in [0.15, 0.2) is 0 Å². The van der Waals surface area contributed by atoms with Gasteiger partial charge in [-0.3, -0.25) is 0 Å². The summed E-state index contributed by atoms with van der Waals surface area (Å²) in [5.74, 6) is 0. The van der Waals surface area contributed by atoms with Crippen molar-refractivity contribution in [1.29, 1.82) is 0 Å². The molecule has 1 heteroatoms. The Morgan fingerprint density at radius 2 is 1.63 bits per heavy atom. The molecule has 0 saturated carbocycles. The van der Waals surface area contributed by atoms with Crippen LogP contribution in [0.3, 0.4) is 0 Å². The van der Waals surface area contributed by atoms with Crippen molar-refractivity contribution < 1.29 is 32.7 Å². The Morgan fingerprint density at radius 3 is 2.16 bits per heavy atom. The monoisotopic (exact) mass is 333 g/mol. The van der Waals surface area contributed by atoms with Crippen LogP contribution in [0.5, 0.6) is 0 Å². The van der Waals surface area contributed by atoms with Crippen molar-refractivity contribution in [2.75, 3.05) is 0 Å². The smallest absolute Gasteiger partial charge is 0 e. The minimum absolute atomic E-state index is 0. The normalized spacial score (nSPS) is 14.9. The van der Waals surface area contributed by atoms with E-state index >= 15 is 0 Å². The van der Waals surface area contributed by atoms with Gasteiger partial charge in [-0.05, 0) is 48.8 Å². The maximum absolute atomic E-state index is 3.25. The number of rotatable bonds is 0. The molecule has 0 saturated heterocycles. The fraction of sp³-hybridized carbons (Fsp3) is 0.444. The summed E-state index contributed by atoms with van der Waals surface area (Å²) in [4.78, 5) is 0. The fourth-order valence-electron chi connectivity index (χ4n) is 2.56. The van der Waals surface area contributed by atoms with Crippen LogP contribution in [0.1, 0.15) is 58.6 Å². The Hall–Kier alpha value is 0.0639. The van der Waals surface area contributed by atoms with Gasteiger partial charge in [-0.15, -0.1) is 0 Å². The minimum Gasteiger partial charge on any atom is -0.358 e. The van der Waals surface area contributed by atoms with E-state index in [9.17, 15) is 0 Å². The summed E-state index contributed by atoms with van der Waals surface area (Å²) in [6.45, 7) is 14.2.